The van der Waals surface area contributed by atoms with E-state index in [1.165, 1.54) is 58.4 Å². The Morgan fingerprint density at radius 1 is 0.706 bits per heavy atom. The lowest BCUT2D eigenvalue weighted by Gasteiger charge is -2.36. The third-order valence-electron chi connectivity index (χ3n) is 4.01. The van der Waals surface area contributed by atoms with Crippen LogP contribution < -0.4 is 5.32 Å². The monoisotopic (exact) mass is 240 g/mol. The van der Waals surface area contributed by atoms with Gasteiger partial charge in [0.25, 0.3) is 0 Å². The molecule has 17 heavy (non-hydrogen) atoms. The summed E-state index contributed by atoms with van der Waals surface area (Å²) in [6.45, 7) is 9.58. The van der Waals surface area contributed by atoms with E-state index in [1.54, 1.807) is 0 Å². The van der Waals surface area contributed by atoms with Gasteiger partial charge in [0.2, 0.25) is 0 Å². The first-order chi connectivity index (χ1) is 8.36. The molecule has 0 saturated carbocycles. The quantitative estimate of drug-likeness (QED) is 0.670. The normalized spacial score (nSPS) is 34.4. The van der Waals surface area contributed by atoms with Crippen LogP contribution in [0.25, 0.3) is 0 Å². The van der Waals surface area contributed by atoms with E-state index in [1.807, 2.05) is 0 Å². The van der Waals surface area contributed by atoms with E-state index in [9.17, 15) is 0 Å². The summed E-state index contributed by atoms with van der Waals surface area (Å²) < 4.78 is 0. The number of hydrogen-bond acceptors (Lipinski definition) is 4. The number of fused-ring (bicyclic) bond motifs is 3. The van der Waals surface area contributed by atoms with Crippen molar-refractivity contribution in [3.05, 3.63) is 0 Å². The van der Waals surface area contributed by atoms with Crippen LogP contribution >= 0.6 is 0 Å². The summed E-state index contributed by atoms with van der Waals surface area (Å²) in [5.74, 6) is 0. The number of nitrogens with zero attached hydrogens (tertiary/aromatic N) is 3. The Balaban J connectivity index is 1.95. The standard InChI is InChI=1S/C13H28N4/c1-15-10-6-14-7-11-16-8-4-2-3-5-9-17(15)13-12-16/h14H,2-13H2,1H3. The van der Waals surface area contributed by atoms with Gasteiger partial charge in [0.05, 0.1) is 0 Å². The second kappa shape index (κ2) is 7.31. The van der Waals surface area contributed by atoms with Crippen LogP contribution in [0, 0.1) is 0 Å². The van der Waals surface area contributed by atoms with E-state index in [0.29, 0.717) is 0 Å². The van der Waals surface area contributed by atoms with E-state index in [0.717, 1.165) is 19.6 Å². The van der Waals surface area contributed by atoms with E-state index in [4.69, 9.17) is 0 Å². The SMILES string of the molecule is CN1CCNCCN2CCCCCCN1CC2. The molecule has 2 aliphatic heterocycles. The summed E-state index contributed by atoms with van der Waals surface area (Å²) in [6.07, 6.45) is 5.55. The van der Waals surface area contributed by atoms with Gasteiger partial charge in [-0.15, -0.1) is 0 Å². The van der Waals surface area contributed by atoms with Crippen molar-refractivity contribution in [1.29, 1.82) is 0 Å². The maximum absolute atomic E-state index is 3.54. The highest BCUT2D eigenvalue weighted by Crippen LogP contribution is 2.08. The topological polar surface area (TPSA) is 21.8 Å². The number of likely N-dealkylation sites (N-methyl/N-ethyl adjacent to an activating group) is 1. The van der Waals surface area contributed by atoms with Crippen LogP contribution in [0.15, 0.2) is 0 Å². The number of hydrazine groups is 1. The second-order valence-corrected chi connectivity index (χ2v) is 5.34. The fourth-order valence-electron chi connectivity index (χ4n) is 2.77. The van der Waals surface area contributed by atoms with Crippen LogP contribution in [-0.4, -0.2) is 74.3 Å². The first-order valence-corrected chi connectivity index (χ1v) is 7.25. The smallest absolute Gasteiger partial charge is 0.0261 e. The lowest BCUT2D eigenvalue weighted by molar-refractivity contribution is -0.0131. The van der Waals surface area contributed by atoms with Crippen molar-refractivity contribution in [3.8, 4) is 0 Å². The fourth-order valence-corrected chi connectivity index (χ4v) is 2.77. The van der Waals surface area contributed by atoms with Crippen LogP contribution in [0.3, 0.4) is 0 Å². The lowest BCUT2D eigenvalue weighted by atomic mass is 10.1. The molecule has 2 saturated heterocycles. The van der Waals surface area contributed by atoms with E-state index in [2.05, 4.69) is 27.3 Å². The van der Waals surface area contributed by atoms with Crippen molar-refractivity contribution in [2.24, 2.45) is 0 Å². The van der Waals surface area contributed by atoms with E-state index < -0.39 is 0 Å². The second-order valence-electron chi connectivity index (χ2n) is 5.34. The van der Waals surface area contributed by atoms with Crippen LogP contribution in [0.1, 0.15) is 25.7 Å². The number of rotatable bonds is 0. The molecule has 0 aromatic rings. The molecule has 1 N–H and O–H groups in total. The fraction of sp³-hybridized carbons (Fsp3) is 1.00. The Morgan fingerprint density at radius 2 is 1.47 bits per heavy atom. The zero-order chi connectivity index (χ0) is 11.9. The van der Waals surface area contributed by atoms with Crippen LogP contribution in [-0.2, 0) is 0 Å². The highest BCUT2D eigenvalue weighted by Gasteiger charge is 2.15. The summed E-state index contributed by atoms with van der Waals surface area (Å²) in [4.78, 5) is 2.63. The van der Waals surface area contributed by atoms with Crippen molar-refractivity contribution >= 4 is 0 Å². The molecule has 2 aliphatic rings. The Morgan fingerprint density at radius 3 is 2.35 bits per heavy atom. The largest absolute Gasteiger partial charge is 0.314 e. The number of hydrogen-bond donors (Lipinski definition) is 1. The van der Waals surface area contributed by atoms with Crippen molar-refractivity contribution in [2.75, 3.05) is 59.4 Å². The molecule has 2 bridgehead atoms. The molecule has 2 heterocycles. The maximum atomic E-state index is 3.54. The predicted octanol–water partition coefficient (Wildman–Crippen LogP) is 0.614. The highest BCUT2D eigenvalue weighted by molar-refractivity contribution is 4.68. The van der Waals surface area contributed by atoms with Gasteiger partial charge in [-0.2, -0.15) is 0 Å². The molecule has 0 amide bonds. The minimum absolute atomic E-state index is 1.11. The average Bonchev–Trinajstić information content (AvgIpc) is 2.36. The van der Waals surface area contributed by atoms with Gasteiger partial charge in [-0.05, 0) is 19.4 Å². The molecule has 4 heteroatoms. The summed E-state index contributed by atoms with van der Waals surface area (Å²) in [5, 5.41) is 8.51. The van der Waals surface area contributed by atoms with Crippen molar-refractivity contribution in [3.63, 3.8) is 0 Å². The van der Waals surface area contributed by atoms with Gasteiger partial charge in [0.15, 0.2) is 0 Å². The Labute approximate surface area is 106 Å². The molecule has 2 atom stereocenters. The van der Waals surface area contributed by atoms with Gasteiger partial charge in [0.1, 0.15) is 0 Å². The van der Waals surface area contributed by atoms with Crippen LogP contribution in [0.4, 0.5) is 0 Å². The zero-order valence-corrected chi connectivity index (χ0v) is 11.3. The van der Waals surface area contributed by atoms with Crippen molar-refractivity contribution in [1.82, 2.24) is 20.2 Å². The molecule has 0 radical (unpaired) electrons. The highest BCUT2D eigenvalue weighted by atomic mass is 15.6. The van der Waals surface area contributed by atoms with Gasteiger partial charge in [0, 0.05) is 52.9 Å². The maximum Gasteiger partial charge on any atom is 0.0261 e. The van der Waals surface area contributed by atoms with Crippen molar-refractivity contribution < 1.29 is 0 Å². The number of nitrogens with one attached hydrogen (secondary N) is 1. The Bertz CT molecular complexity index is 208. The third kappa shape index (κ3) is 4.54. The first kappa shape index (κ1) is 13.3. The lowest BCUT2D eigenvalue weighted by Crippen LogP contribution is -2.50. The molecule has 0 spiro atoms. The van der Waals surface area contributed by atoms with Crippen LogP contribution in [0.2, 0.25) is 0 Å². The molecule has 4 nitrogen and oxygen atoms in total. The Kier molecular flexibility index (Phi) is 5.71. The van der Waals surface area contributed by atoms with E-state index in [-0.39, 0.29) is 0 Å². The molecule has 2 fully saturated rings. The molecular formula is C13H28N4. The molecular weight excluding hydrogens is 212 g/mol. The molecule has 0 aromatic carbocycles. The zero-order valence-electron chi connectivity index (χ0n) is 11.3. The van der Waals surface area contributed by atoms with Gasteiger partial charge in [-0.1, -0.05) is 12.8 Å². The first-order valence-electron chi connectivity index (χ1n) is 7.25. The summed E-state index contributed by atoms with van der Waals surface area (Å²) in [7, 11) is 2.24. The molecule has 2 rings (SSSR count). The molecule has 0 aromatic heterocycles. The van der Waals surface area contributed by atoms with E-state index >= 15 is 0 Å². The summed E-state index contributed by atoms with van der Waals surface area (Å²) in [6, 6.07) is 0. The predicted molar refractivity (Wildman–Crippen MR) is 72.0 cm³/mol. The van der Waals surface area contributed by atoms with Crippen LogP contribution in [0.5, 0.6) is 0 Å². The van der Waals surface area contributed by atoms with Crippen molar-refractivity contribution in [2.45, 2.75) is 25.7 Å². The van der Waals surface area contributed by atoms with Gasteiger partial charge in [-0.25, -0.2) is 10.0 Å². The molecule has 100 valence electrons. The average molecular weight is 240 g/mol. The third-order valence-corrected chi connectivity index (χ3v) is 4.01. The van der Waals surface area contributed by atoms with Gasteiger partial charge < -0.3 is 10.2 Å². The van der Waals surface area contributed by atoms with Gasteiger partial charge in [-0.3, -0.25) is 0 Å². The molecule has 2 unspecified atom stereocenters. The summed E-state index contributed by atoms with van der Waals surface area (Å²) >= 11 is 0. The summed E-state index contributed by atoms with van der Waals surface area (Å²) in [5.41, 5.74) is 0. The Hall–Kier alpha value is -0.160. The minimum Gasteiger partial charge on any atom is -0.314 e. The minimum atomic E-state index is 1.11. The van der Waals surface area contributed by atoms with Gasteiger partial charge >= 0.3 is 0 Å². The molecule has 0 aliphatic carbocycles.